The Morgan fingerprint density at radius 3 is 2.64 bits per heavy atom. The van der Waals surface area contributed by atoms with Gasteiger partial charge in [0.2, 0.25) is 0 Å². The zero-order chi connectivity index (χ0) is 10.6. The van der Waals surface area contributed by atoms with Crippen LogP contribution in [0.25, 0.3) is 0 Å². The van der Waals surface area contributed by atoms with Crippen molar-refractivity contribution < 1.29 is 4.74 Å². The Kier molecular flexibility index (Phi) is 4.14. The lowest BCUT2D eigenvalue weighted by Crippen LogP contribution is -2.12. The van der Waals surface area contributed by atoms with E-state index in [1.54, 1.807) is 0 Å². The molecule has 80 valence electrons. The van der Waals surface area contributed by atoms with Crippen molar-refractivity contribution >= 4 is 0 Å². The van der Waals surface area contributed by atoms with Crippen LogP contribution in [-0.2, 0) is 11.3 Å². The minimum absolute atomic E-state index is 0.307. The van der Waals surface area contributed by atoms with Gasteiger partial charge in [-0.25, -0.2) is 4.98 Å². The average Bonchev–Trinajstić information content (AvgIpc) is 2.51. The van der Waals surface area contributed by atoms with E-state index in [1.165, 1.54) is 0 Å². The number of rotatable bonds is 5. The summed E-state index contributed by atoms with van der Waals surface area (Å²) >= 11 is 0. The third kappa shape index (κ3) is 3.14. The topological polar surface area (TPSA) is 27.1 Å². The normalized spacial score (nSPS) is 11.6. The Morgan fingerprint density at radius 1 is 1.36 bits per heavy atom. The van der Waals surface area contributed by atoms with Gasteiger partial charge in [-0.3, -0.25) is 0 Å². The van der Waals surface area contributed by atoms with Gasteiger partial charge in [0.25, 0.3) is 0 Å². The summed E-state index contributed by atoms with van der Waals surface area (Å²) in [4.78, 5) is 4.32. The highest BCUT2D eigenvalue weighted by Gasteiger charge is 2.06. The van der Waals surface area contributed by atoms with Crippen molar-refractivity contribution in [2.45, 2.75) is 46.3 Å². The number of hydrogen-bond donors (Lipinski definition) is 0. The van der Waals surface area contributed by atoms with Crippen LogP contribution in [0.3, 0.4) is 0 Å². The number of imidazole rings is 1. The summed E-state index contributed by atoms with van der Waals surface area (Å²) in [6.07, 6.45) is 4.17. The largest absolute Gasteiger partial charge is 0.377 e. The van der Waals surface area contributed by atoms with Crippen molar-refractivity contribution in [3.05, 3.63) is 18.2 Å². The summed E-state index contributed by atoms with van der Waals surface area (Å²) < 4.78 is 7.66. The standard InChI is InChI=1S/C11H20N2O/c1-9(2)11-12-5-6-13(11)7-8-14-10(3)4/h5-6,9-10H,7-8H2,1-4H3. The highest BCUT2D eigenvalue weighted by atomic mass is 16.5. The molecule has 1 rings (SSSR count). The molecular weight excluding hydrogens is 176 g/mol. The number of hydrogen-bond acceptors (Lipinski definition) is 2. The quantitative estimate of drug-likeness (QED) is 0.723. The van der Waals surface area contributed by atoms with Crippen LogP contribution in [0.2, 0.25) is 0 Å². The van der Waals surface area contributed by atoms with Crippen LogP contribution in [0.5, 0.6) is 0 Å². The molecule has 0 saturated heterocycles. The van der Waals surface area contributed by atoms with Crippen LogP contribution in [-0.4, -0.2) is 22.3 Å². The van der Waals surface area contributed by atoms with Gasteiger partial charge in [-0.05, 0) is 13.8 Å². The first-order chi connectivity index (χ1) is 6.61. The number of nitrogens with zero attached hydrogens (tertiary/aromatic N) is 2. The molecule has 0 aromatic carbocycles. The van der Waals surface area contributed by atoms with E-state index in [2.05, 4.69) is 37.2 Å². The molecule has 1 heterocycles. The van der Waals surface area contributed by atoms with Crippen LogP contribution in [0.15, 0.2) is 12.4 Å². The Hall–Kier alpha value is -0.830. The molecule has 0 atom stereocenters. The predicted molar refractivity (Wildman–Crippen MR) is 57.4 cm³/mol. The van der Waals surface area contributed by atoms with E-state index in [-0.39, 0.29) is 0 Å². The second-order valence-electron chi connectivity index (χ2n) is 4.05. The second kappa shape index (κ2) is 5.15. The van der Waals surface area contributed by atoms with Crippen molar-refractivity contribution in [3.63, 3.8) is 0 Å². The van der Waals surface area contributed by atoms with Gasteiger partial charge in [0.15, 0.2) is 0 Å². The Labute approximate surface area is 86.1 Å². The van der Waals surface area contributed by atoms with Crippen molar-refractivity contribution in [2.75, 3.05) is 6.61 Å². The highest BCUT2D eigenvalue weighted by Crippen LogP contribution is 2.11. The molecule has 0 aliphatic carbocycles. The predicted octanol–water partition coefficient (Wildman–Crippen LogP) is 2.43. The first kappa shape index (κ1) is 11.2. The second-order valence-corrected chi connectivity index (χ2v) is 4.05. The van der Waals surface area contributed by atoms with E-state index in [0.29, 0.717) is 12.0 Å². The molecule has 0 radical (unpaired) electrons. The molecule has 1 aromatic rings. The lowest BCUT2D eigenvalue weighted by atomic mass is 10.2. The van der Waals surface area contributed by atoms with Gasteiger partial charge in [-0.15, -0.1) is 0 Å². The minimum atomic E-state index is 0.307. The average molecular weight is 196 g/mol. The maximum absolute atomic E-state index is 5.50. The van der Waals surface area contributed by atoms with Crippen LogP contribution >= 0.6 is 0 Å². The maximum Gasteiger partial charge on any atom is 0.111 e. The lowest BCUT2D eigenvalue weighted by molar-refractivity contribution is 0.0722. The first-order valence-corrected chi connectivity index (χ1v) is 5.24. The van der Waals surface area contributed by atoms with E-state index in [0.717, 1.165) is 19.0 Å². The molecule has 0 unspecified atom stereocenters. The minimum Gasteiger partial charge on any atom is -0.377 e. The molecule has 0 amide bonds. The summed E-state index contributed by atoms with van der Waals surface area (Å²) in [5, 5.41) is 0. The summed E-state index contributed by atoms with van der Waals surface area (Å²) in [5.74, 6) is 1.61. The molecule has 0 aliphatic heterocycles. The SMILES string of the molecule is CC(C)OCCn1ccnc1C(C)C. The fraction of sp³-hybridized carbons (Fsp3) is 0.727. The number of ether oxygens (including phenoxy) is 1. The van der Waals surface area contributed by atoms with E-state index < -0.39 is 0 Å². The maximum atomic E-state index is 5.50. The van der Waals surface area contributed by atoms with Crippen LogP contribution in [0.1, 0.15) is 39.4 Å². The van der Waals surface area contributed by atoms with Gasteiger partial charge in [0.1, 0.15) is 5.82 Å². The molecule has 1 aromatic heterocycles. The Morgan fingerprint density at radius 2 is 2.07 bits per heavy atom. The van der Waals surface area contributed by atoms with Crippen LogP contribution in [0.4, 0.5) is 0 Å². The highest BCUT2D eigenvalue weighted by molar-refractivity contribution is 4.97. The van der Waals surface area contributed by atoms with Crippen molar-refractivity contribution in [3.8, 4) is 0 Å². The molecule has 0 bridgehead atoms. The molecule has 14 heavy (non-hydrogen) atoms. The zero-order valence-corrected chi connectivity index (χ0v) is 9.53. The molecule has 0 saturated carbocycles. The monoisotopic (exact) mass is 196 g/mol. The van der Waals surface area contributed by atoms with Crippen LogP contribution < -0.4 is 0 Å². The van der Waals surface area contributed by atoms with Gasteiger partial charge in [-0.1, -0.05) is 13.8 Å². The molecule has 3 nitrogen and oxygen atoms in total. The van der Waals surface area contributed by atoms with Crippen LogP contribution in [0, 0.1) is 0 Å². The van der Waals surface area contributed by atoms with Gasteiger partial charge in [0, 0.05) is 24.9 Å². The molecular formula is C11H20N2O. The van der Waals surface area contributed by atoms with Crippen molar-refractivity contribution in [2.24, 2.45) is 0 Å². The summed E-state index contributed by atoms with van der Waals surface area (Å²) in [7, 11) is 0. The summed E-state index contributed by atoms with van der Waals surface area (Å²) in [5.41, 5.74) is 0. The molecule has 3 heteroatoms. The summed E-state index contributed by atoms with van der Waals surface area (Å²) in [6, 6.07) is 0. The summed E-state index contributed by atoms with van der Waals surface area (Å²) in [6.45, 7) is 10.1. The molecule has 0 N–H and O–H groups in total. The lowest BCUT2D eigenvalue weighted by Gasteiger charge is -2.11. The Bertz CT molecular complexity index is 266. The zero-order valence-electron chi connectivity index (χ0n) is 9.53. The first-order valence-electron chi connectivity index (χ1n) is 5.24. The fourth-order valence-corrected chi connectivity index (χ4v) is 1.40. The van der Waals surface area contributed by atoms with E-state index in [4.69, 9.17) is 4.74 Å². The molecule has 0 aliphatic rings. The van der Waals surface area contributed by atoms with Gasteiger partial charge >= 0.3 is 0 Å². The van der Waals surface area contributed by atoms with Crippen molar-refractivity contribution in [1.29, 1.82) is 0 Å². The Balaban J connectivity index is 2.46. The number of aromatic nitrogens is 2. The van der Waals surface area contributed by atoms with Crippen molar-refractivity contribution in [1.82, 2.24) is 9.55 Å². The van der Waals surface area contributed by atoms with Gasteiger partial charge < -0.3 is 9.30 Å². The van der Waals surface area contributed by atoms with E-state index in [1.807, 2.05) is 12.4 Å². The third-order valence-electron chi connectivity index (χ3n) is 2.05. The molecule has 0 spiro atoms. The third-order valence-corrected chi connectivity index (χ3v) is 2.05. The van der Waals surface area contributed by atoms with Gasteiger partial charge in [0.05, 0.1) is 12.7 Å². The van der Waals surface area contributed by atoms with E-state index in [9.17, 15) is 0 Å². The molecule has 0 fully saturated rings. The van der Waals surface area contributed by atoms with Gasteiger partial charge in [-0.2, -0.15) is 0 Å². The smallest absolute Gasteiger partial charge is 0.111 e. The fourth-order valence-electron chi connectivity index (χ4n) is 1.40. The van der Waals surface area contributed by atoms with E-state index >= 15 is 0 Å².